The molecule has 7 nitrogen and oxygen atoms in total. The summed E-state index contributed by atoms with van der Waals surface area (Å²) in [5.41, 5.74) is 0.844. The summed E-state index contributed by atoms with van der Waals surface area (Å²) in [6, 6.07) is 1.91. The van der Waals surface area contributed by atoms with E-state index < -0.39 is 0 Å². The van der Waals surface area contributed by atoms with E-state index in [-0.39, 0.29) is 5.91 Å². The summed E-state index contributed by atoms with van der Waals surface area (Å²) in [5.74, 6) is 0.611. The molecular weight excluding hydrogens is 276 g/mol. The molecule has 20 heavy (non-hydrogen) atoms. The molecule has 0 aliphatic heterocycles. The fourth-order valence-electron chi connectivity index (χ4n) is 1.85. The van der Waals surface area contributed by atoms with Gasteiger partial charge in [-0.2, -0.15) is 5.10 Å². The van der Waals surface area contributed by atoms with Crippen molar-refractivity contribution in [3.63, 3.8) is 0 Å². The van der Waals surface area contributed by atoms with Crippen LogP contribution in [0.4, 0.5) is 0 Å². The fraction of sp³-hybridized carbons (Fsp3) is 0.250. The molecule has 3 heterocycles. The number of nitrogens with zero attached hydrogens (tertiary/aromatic N) is 5. The predicted molar refractivity (Wildman–Crippen MR) is 74.3 cm³/mol. The highest BCUT2D eigenvalue weighted by Crippen LogP contribution is 2.20. The number of aromatic nitrogens is 5. The second-order valence-electron chi connectivity index (χ2n) is 4.24. The molecule has 102 valence electrons. The first kappa shape index (κ1) is 12.7. The van der Waals surface area contributed by atoms with Crippen molar-refractivity contribution >= 4 is 27.5 Å². The zero-order chi connectivity index (χ0) is 14.1. The number of rotatable bonds is 3. The van der Waals surface area contributed by atoms with E-state index in [1.807, 2.05) is 6.07 Å². The smallest absolute Gasteiger partial charge is 0.289 e. The highest BCUT2D eigenvalue weighted by molar-refractivity contribution is 7.18. The third-order valence-electron chi connectivity index (χ3n) is 2.71. The van der Waals surface area contributed by atoms with E-state index >= 15 is 0 Å². The quantitative estimate of drug-likeness (QED) is 0.779. The molecule has 0 fully saturated rings. The van der Waals surface area contributed by atoms with Gasteiger partial charge in [0.15, 0.2) is 0 Å². The first-order chi connectivity index (χ1) is 9.63. The van der Waals surface area contributed by atoms with Gasteiger partial charge in [0.1, 0.15) is 10.8 Å². The summed E-state index contributed by atoms with van der Waals surface area (Å²) < 4.78 is 2.52. The Hall–Kier alpha value is -2.35. The van der Waals surface area contributed by atoms with Crippen LogP contribution in [-0.2, 0) is 13.6 Å². The number of nitrogens with one attached hydrogen (secondary N) is 1. The first-order valence-corrected chi connectivity index (χ1v) is 6.80. The van der Waals surface area contributed by atoms with Gasteiger partial charge in [-0.05, 0) is 13.0 Å². The largest absolute Gasteiger partial charge is 0.343 e. The molecule has 0 spiro atoms. The molecular formula is C12H12N6OS. The third kappa shape index (κ3) is 2.37. The Morgan fingerprint density at radius 3 is 3.00 bits per heavy atom. The fourth-order valence-corrected chi connectivity index (χ4v) is 2.72. The van der Waals surface area contributed by atoms with Gasteiger partial charge in [-0.25, -0.2) is 14.6 Å². The van der Waals surface area contributed by atoms with E-state index in [9.17, 15) is 4.79 Å². The van der Waals surface area contributed by atoms with E-state index in [1.165, 1.54) is 16.0 Å². The average molecular weight is 288 g/mol. The monoisotopic (exact) mass is 288 g/mol. The van der Waals surface area contributed by atoms with Gasteiger partial charge >= 0.3 is 0 Å². The molecule has 1 amide bonds. The minimum absolute atomic E-state index is 0.259. The molecule has 0 aliphatic rings. The number of aryl methyl sites for hydroxylation is 2. The van der Waals surface area contributed by atoms with Crippen LogP contribution in [0.1, 0.15) is 21.5 Å². The molecule has 0 saturated carbocycles. The maximum Gasteiger partial charge on any atom is 0.289 e. The highest BCUT2D eigenvalue weighted by Gasteiger charge is 2.14. The number of pyridine rings is 1. The topological polar surface area (TPSA) is 85.6 Å². The molecule has 8 heteroatoms. The van der Waals surface area contributed by atoms with Crippen molar-refractivity contribution in [2.24, 2.45) is 7.05 Å². The number of fused-ring (bicyclic) bond motifs is 1. The lowest BCUT2D eigenvalue weighted by Gasteiger charge is -2.01. The summed E-state index contributed by atoms with van der Waals surface area (Å²) in [4.78, 5) is 24.5. The Bertz CT molecular complexity index is 744. The minimum atomic E-state index is -0.259. The normalized spacial score (nSPS) is 10.9. The zero-order valence-corrected chi connectivity index (χ0v) is 11.8. The number of amides is 1. The maximum absolute atomic E-state index is 12.0. The molecule has 3 rings (SSSR count). The summed E-state index contributed by atoms with van der Waals surface area (Å²) in [6.07, 6.45) is 3.44. The number of hydrogen-bond acceptors (Lipinski definition) is 6. The lowest BCUT2D eigenvalue weighted by Crippen LogP contribution is -2.25. The van der Waals surface area contributed by atoms with Crippen LogP contribution in [-0.4, -0.2) is 30.6 Å². The van der Waals surface area contributed by atoms with Gasteiger partial charge in [-0.3, -0.25) is 9.78 Å². The van der Waals surface area contributed by atoms with Gasteiger partial charge in [0, 0.05) is 13.2 Å². The standard InChI is InChI=1S/C12H12N6OS/c1-7-15-11(18(2)17-7)12(19)14-6-10-16-8-5-13-4-3-9(8)20-10/h3-5H,6H2,1-2H3,(H,14,19). The lowest BCUT2D eigenvalue weighted by molar-refractivity contribution is 0.0936. The molecule has 1 N–H and O–H groups in total. The Kier molecular flexibility index (Phi) is 3.15. The van der Waals surface area contributed by atoms with Crippen molar-refractivity contribution in [1.82, 2.24) is 30.0 Å². The third-order valence-corrected chi connectivity index (χ3v) is 3.74. The molecule has 3 aromatic heterocycles. The maximum atomic E-state index is 12.0. The second-order valence-corrected chi connectivity index (χ2v) is 5.36. The molecule has 0 unspecified atom stereocenters. The Balaban J connectivity index is 1.73. The number of carbonyl (C=O) groups is 1. The number of thiazole rings is 1. The molecule has 3 aromatic rings. The van der Waals surface area contributed by atoms with Gasteiger partial charge in [-0.1, -0.05) is 0 Å². The molecule has 0 bridgehead atoms. The van der Waals surface area contributed by atoms with Crippen LogP contribution in [0.5, 0.6) is 0 Å². The first-order valence-electron chi connectivity index (χ1n) is 5.99. The summed E-state index contributed by atoms with van der Waals surface area (Å²) in [6.45, 7) is 2.11. The van der Waals surface area contributed by atoms with Crippen molar-refractivity contribution < 1.29 is 4.79 Å². The summed E-state index contributed by atoms with van der Waals surface area (Å²) >= 11 is 1.54. The Labute approximate surface area is 118 Å². The van der Waals surface area contributed by atoms with Gasteiger partial charge in [0.25, 0.3) is 5.91 Å². The van der Waals surface area contributed by atoms with E-state index in [4.69, 9.17) is 0 Å². The molecule has 0 atom stereocenters. The second kappa shape index (κ2) is 4.97. The van der Waals surface area contributed by atoms with Crippen LogP contribution in [0.3, 0.4) is 0 Å². The molecule has 0 saturated heterocycles. The zero-order valence-electron chi connectivity index (χ0n) is 11.0. The van der Waals surface area contributed by atoms with Crippen LogP contribution < -0.4 is 5.32 Å². The molecule has 0 aliphatic carbocycles. The Morgan fingerprint density at radius 2 is 2.30 bits per heavy atom. The van der Waals surface area contributed by atoms with Crippen LogP contribution in [0.2, 0.25) is 0 Å². The summed E-state index contributed by atoms with van der Waals surface area (Å²) in [7, 11) is 1.69. The molecule has 0 radical (unpaired) electrons. The van der Waals surface area contributed by atoms with E-state index in [0.29, 0.717) is 18.2 Å². The SMILES string of the molecule is Cc1nc(C(=O)NCc2nc3cnccc3s2)n(C)n1. The van der Waals surface area contributed by atoms with Crippen molar-refractivity contribution in [1.29, 1.82) is 0 Å². The van der Waals surface area contributed by atoms with E-state index in [2.05, 4.69) is 25.4 Å². The average Bonchev–Trinajstić information content (AvgIpc) is 2.98. The van der Waals surface area contributed by atoms with E-state index in [1.54, 1.807) is 26.4 Å². The van der Waals surface area contributed by atoms with Gasteiger partial charge < -0.3 is 5.32 Å². The van der Waals surface area contributed by atoms with E-state index in [0.717, 1.165) is 15.2 Å². The van der Waals surface area contributed by atoms with Crippen molar-refractivity contribution in [3.8, 4) is 0 Å². The Morgan fingerprint density at radius 1 is 1.45 bits per heavy atom. The van der Waals surface area contributed by atoms with Gasteiger partial charge in [0.05, 0.1) is 23.0 Å². The lowest BCUT2D eigenvalue weighted by atomic mass is 10.4. The molecule has 0 aromatic carbocycles. The minimum Gasteiger partial charge on any atom is -0.343 e. The van der Waals surface area contributed by atoms with Crippen molar-refractivity contribution in [3.05, 3.63) is 35.1 Å². The van der Waals surface area contributed by atoms with Crippen LogP contribution in [0, 0.1) is 6.92 Å². The number of carbonyl (C=O) groups excluding carboxylic acids is 1. The van der Waals surface area contributed by atoms with Crippen LogP contribution in [0.15, 0.2) is 18.5 Å². The highest BCUT2D eigenvalue weighted by atomic mass is 32.1. The number of hydrogen-bond donors (Lipinski definition) is 1. The van der Waals surface area contributed by atoms with Gasteiger partial charge in [0.2, 0.25) is 5.82 Å². The van der Waals surface area contributed by atoms with Crippen molar-refractivity contribution in [2.45, 2.75) is 13.5 Å². The predicted octanol–water partition coefficient (Wildman–Crippen LogP) is 1.06. The van der Waals surface area contributed by atoms with Crippen LogP contribution in [0.25, 0.3) is 10.2 Å². The van der Waals surface area contributed by atoms with Crippen molar-refractivity contribution in [2.75, 3.05) is 0 Å². The van der Waals surface area contributed by atoms with Crippen LogP contribution >= 0.6 is 11.3 Å². The van der Waals surface area contributed by atoms with Gasteiger partial charge in [-0.15, -0.1) is 11.3 Å². The summed E-state index contributed by atoms with van der Waals surface area (Å²) in [5, 5.41) is 7.67.